The zero-order valence-corrected chi connectivity index (χ0v) is 18.6. The first-order valence-electron chi connectivity index (χ1n) is 11.2. The van der Waals surface area contributed by atoms with Gasteiger partial charge >= 0.3 is 0 Å². The highest BCUT2D eigenvalue weighted by molar-refractivity contribution is 5.82. The molecule has 4 aromatic rings. The minimum absolute atomic E-state index is 0.703. The van der Waals surface area contributed by atoms with Gasteiger partial charge in [-0.15, -0.1) is 0 Å². The van der Waals surface area contributed by atoms with Crippen LogP contribution in [0, 0.1) is 6.92 Å². The summed E-state index contributed by atoms with van der Waals surface area (Å²) in [7, 11) is 0. The van der Waals surface area contributed by atoms with Crippen LogP contribution in [0.25, 0.3) is 28.4 Å². The molecule has 6 heteroatoms. The number of aryl methyl sites for hydroxylation is 1. The normalized spacial score (nSPS) is 14.7. The lowest BCUT2D eigenvalue weighted by molar-refractivity contribution is 0.0435. The van der Waals surface area contributed by atoms with Gasteiger partial charge in [0.1, 0.15) is 11.5 Å². The average molecular weight is 439 g/mol. The molecule has 1 aliphatic rings. The first-order chi connectivity index (χ1) is 16.2. The van der Waals surface area contributed by atoms with Crippen molar-refractivity contribution >= 4 is 17.0 Å². The second kappa shape index (κ2) is 9.90. The number of ether oxygens (including phenoxy) is 2. The molecule has 1 fully saturated rings. The van der Waals surface area contributed by atoms with Gasteiger partial charge in [-0.25, -0.2) is 9.97 Å². The number of benzene rings is 2. The van der Waals surface area contributed by atoms with E-state index in [1.54, 1.807) is 12.4 Å². The van der Waals surface area contributed by atoms with Gasteiger partial charge in [0.25, 0.3) is 0 Å². The second-order valence-electron chi connectivity index (χ2n) is 8.10. The van der Waals surface area contributed by atoms with Crippen LogP contribution in [0.3, 0.4) is 0 Å². The molecule has 2 aromatic heterocycles. The summed E-state index contributed by atoms with van der Waals surface area (Å²) in [5.74, 6) is 2.21. The van der Waals surface area contributed by atoms with Crippen LogP contribution in [0.2, 0.25) is 0 Å². The lowest BCUT2D eigenvalue weighted by Gasteiger charge is -2.25. The summed E-state index contributed by atoms with van der Waals surface area (Å²) in [6.45, 7) is 6.60. The van der Waals surface area contributed by atoms with Crippen molar-refractivity contribution in [3.63, 3.8) is 0 Å². The molecule has 0 spiro atoms. The zero-order chi connectivity index (χ0) is 22.5. The van der Waals surface area contributed by atoms with Crippen molar-refractivity contribution in [2.24, 2.45) is 0 Å². The van der Waals surface area contributed by atoms with E-state index >= 15 is 0 Å². The van der Waals surface area contributed by atoms with E-state index in [2.05, 4.69) is 51.3 Å². The number of hydrogen-bond donors (Lipinski definition) is 0. The minimum atomic E-state index is 0.703. The van der Waals surface area contributed by atoms with E-state index in [0.29, 0.717) is 11.6 Å². The highest BCUT2D eigenvalue weighted by Crippen LogP contribution is 2.28. The number of pyridine rings is 1. The van der Waals surface area contributed by atoms with E-state index in [-0.39, 0.29) is 0 Å². The molecule has 166 valence electrons. The fourth-order valence-corrected chi connectivity index (χ4v) is 3.85. The third-order valence-electron chi connectivity index (χ3n) is 5.68. The molecule has 0 radical (unpaired) electrons. The number of hydrogen-bond acceptors (Lipinski definition) is 6. The summed E-state index contributed by atoms with van der Waals surface area (Å²) in [5.41, 5.74) is 4.06. The van der Waals surface area contributed by atoms with E-state index in [4.69, 9.17) is 14.5 Å². The molecule has 1 saturated heterocycles. The van der Waals surface area contributed by atoms with Gasteiger partial charge < -0.3 is 9.47 Å². The molecule has 2 aromatic carbocycles. The lowest BCUT2D eigenvalue weighted by Crippen LogP contribution is -2.36. The quantitative estimate of drug-likeness (QED) is 0.416. The summed E-state index contributed by atoms with van der Waals surface area (Å²) in [4.78, 5) is 15.9. The standard InChI is InChI=1S/C27H26N4O2/c1-20-16-22(7-9-26(20)33-24-5-2-10-28-19-24)27-29-18-23-17-21(6-8-25(23)30-27)4-3-11-31-12-14-32-15-13-31/h2-10,16-19H,11-15H2,1H3. The van der Waals surface area contributed by atoms with Gasteiger partial charge in [0, 0.05) is 43.0 Å². The van der Waals surface area contributed by atoms with Crippen molar-refractivity contribution in [2.45, 2.75) is 6.92 Å². The Kier molecular flexibility index (Phi) is 6.37. The van der Waals surface area contributed by atoms with Crippen molar-refractivity contribution in [3.8, 4) is 22.9 Å². The maximum atomic E-state index is 5.94. The van der Waals surface area contributed by atoms with Gasteiger partial charge in [0.2, 0.25) is 0 Å². The van der Waals surface area contributed by atoms with Crippen molar-refractivity contribution < 1.29 is 9.47 Å². The van der Waals surface area contributed by atoms with Crippen molar-refractivity contribution in [3.05, 3.63) is 84.3 Å². The van der Waals surface area contributed by atoms with Crippen LogP contribution in [0.4, 0.5) is 0 Å². The van der Waals surface area contributed by atoms with Crippen LogP contribution in [0.5, 0.6) is 11.5 Å². The molecule has 6 nitrogen and oxygen atoms in total. The smallest absolute Gasteiger partial charge is 0.159 e. The Labute approximate surface area is 193 Å². The third-order valence-corrected chi connectivity index (χ3v) is 5.68. The molecule has 0 aliphatic carbocycles. The van der Waals surface area contributed by atoms with Crippen molar-refractivity contribution in [1.82, 2.24) is 19.9 Å². The SMILES string of the molecule is Cc1cc(-c2ncc3cc(C=CCN4CCOCC4)ccc3n2)ccc1Oc1cccnc1. The zero-order valence-electron chi connectivity index (χ0n) is 18.6. The Morgan fingerprint density at radius 3 is 2.79 bits per heavy atom. The highest BCUT2D eigenvalue weighted by atomic mass is 16.5. The van der Waals surface area contributed by atoms with Gasteiger partial charge in [-0.05, 0) is 60.5 Å². The van der Waals surface area contributed by atoms with Gasteiger partial charge in [-0.3, -0.25) is 9.88 Å². The summed E-state index contributed by atoms with van der Waals surface area (Å²) >= 11 is 0. The molecule has 0 N–H and O–H groups in total. The third kappa shape index (κ3) is 5.25. The molecule has 0 saturated carbocycles. The first kappa shape index (κ1) is 21.2. The van der Waals surface area contributed by atoms with Crippen molar-refractivity contribution in [1.29, 1.82) is 0 Å². The largest absolute Gasteiger partial charge is 0.455 e. The number of morpholine rings is 1. The molecule has 0 unspecified atom stereocenters. The maximum Gasteiger partial charge on any atom is 0.159 e. The van der Waals surface area contributed by atoms with Crippen LogP contribution in [-0.2, 0) is 4.74 Å². The van der Waals surface area contributed by atoms with Crippen LogP contribution in [-0.4, -0.2) is 52.7 Å². The number of aromatic nitrogens is 3. The Morgan fingerprint density at radius 2 is 1.97 bits per heavy atom. The Morgan fingerprint density at radius 1 is 1.06 bits per heavy atom. The number of rotatable bonds is 6. The predicted molar refractivity (Wildman–Crippen MR) is 130 cm³/mol. The molecule has 1 aliphatic heterocycles. The number of nitrogens with zero attached hydrogens (tertiary/aromatic N) is 4. The van der Waals surface area contributed by atoms with Crippen LogP contribution in [0.15, 0.2) is 73.2 Å². The summed E-state index contributed by atoms with van der Waals surface area (Å²) in [6, 6.07) is 16.0. The van der Waals surface area contributed by atoms with Crippen LogP contribution >= 0.6 is 0 Å². The van der Waals surface area contributed by atoms with Crippen molar-refractivity contribution in [2.75, 3.05) is 32.8 Å². The highest BCUT2D eigenvalue weighted by Gasteiger charge is 2.09. The summed E-state index contributed by atoms with van der Waals surface area (Å²) < 4.78 is 11.3. The van der Waals surface area contributed by atoms with Gasteiger partial charge in [-0.2, -0.15) is 0 Å². The van der Waals surface area contributed by atoms with E-state index in [1.807, 2.05) is 37.4 Å². The predicted octanol–water partition coefficient (Wildman–Crippen LogP) is 5.14. The monoisotopic (exact) mass is 438 g/mol. The topological polar surface area (TPSA) is 60.4 Å². The molecule has 0 bridgehead atoms. The Hall–Kier alpha value is -3.61. The molecule has 33 heavy (non-hydrogen) atoms. The molecule has 0 amide bonds. The summed E-state index contributed by atoms with van der Waals surface area (Å²) in [6.07, 6.45) is 9.69. The Bertz CT molecular complexity index is 1270. The maximum absolute atomic E-state index is 5.94. The minimum Gasteiger partial charge on any atom is -0.455 e. The fraction of sp³-hybridized carbons (Fsp3) is 0.222. The van der Waals surface area contributed by atoms with Gasteiger partial charge in [0.05, 0.1) is 24.9 Å². The van der Waals surface area contributed by atoms with Crippen LogP contribution < -0.4 is 4.74 Å². The molecule has 0 atom stereocenters. The lowest BCUT2D eigenvalue weighted by atomic mass is 10.1. The van der Waals surface area contributed by atoms with Gasteiger partial charge in [-0.1, -0.05) is 18.2 Å². The summed E-state index contributed by atoms with van der Waals surface area (Å²) in [5, 5.41) is 1.03. The molecule has 5 rings (SSSR count). The molecular formula is C27H26N4O2. The van der Waals surface area contributed by atoms with Gasteiger partial charge in [0.15, 0.2) is 5.82 Å². The van der Waals surface area contributed by atoms with E-state index in [1.165, 1.54) is 0 Å². The number of fused-ring (bicyclic) bond motifs is 1. The average Bonchev–Trinajstić information content (AvgIpc) is 2.86. The molecular weight excluding hydrogens is 412 g/mol. The van der Waals surface area contributed by atoms with E-state index in [0.717, 1.165) is 66.2 Å². The fourth-order valence-electron chi connectivity index (χ4n) is 3.85. The second-order valence-corrected chi connectivity index (χ2v) is 8.10. The first-order valence-corrected chi connectivity index (χ1v) is 11.2. The van der Waals surface area contributed by atoms with E-state index in [9.17, 15) is 0 Å². The van der Waals surface area contributed by atoms with E-state index < -0.39 is 0 Å². The Balaban J connectivity index is 1.31. The van der Waals surface area contributed by atoms with Crippen LogP contribution in [0.1, 0.15) is 11.1 Å². The molecule has 3 heterocycles.